The molecule has 0 bridgehead atoms. The number of fused-ring (bicyclic) bond motifs is 1. The molecule has 3 heterocycles. The number of likely N-dealkylation sites (tertiary alicyclic amines) is 1. The van der Waals surface area contributed by atoms with Gasteiger partial charge < -0.3 is 10.2 Å². The smallest absolute Gasteiger partial charge is 0.224 e. The van der Waals surface area contributed by atoms with Crippen molar-refractivity contribution < 1.29 is 9.59 Å². The van der Waals surface area contributed by atoms with Gasteiger partial charge in [0.15, 0.2) is 5.69 Å². The Hall–Kier alpha value is -2.40. The van der Waals surface area contributed by atoms with E-state index in [4.69, 9.17) is 5.26 Å². The van der Waals surface area contributed by atoms with Gasteiger partial charge >= 0.3 is 0 Å². The van der Waals surface area contributed by atoms with Crippen LogP contribution in [-0.4, -0.2) is 63.6 Å². The molecule has 2 atom stereocenters. The summed E-state index contributed by atoms with van der Waals surface area (Å²) < 4.78 is 1.84. The van der Waals surface area contributed by atoms with Crippen molar-refractivity contribution in [3.05, 3.63) is 17.5 Å². The minimum atomic E-state index is -0.0177. The molecule has 0 aliphatic carbocycles. The molecule has 1 aromatic heterocycles. The van der Waals surface area contributed by atoms with Crippen LogP contribution in [0.1, 0.15) is 44.0 Å². The van der Waals surface area contributed by atoms with Gasteiger partial charge in [0, 0.05) is 45.1 Å². The van der Waals surface area contributed by atoms with Crippen LogP contribution in [-0.2, 0) is 22.7 Å². The van der Waals surface area contributed by atoms with Crippen LogP contribution in [0.5, 0.6) is 0 Å². The first-order valence-corrected chi connectivity index (χ1v) is 9.19. The van der Waals surface area contributed by atoms with Crippen molar-refractivity contribution in [3.8, 4) is 6.07 Å². The molecule has 140 valence electrons. The Balaban J connectivity index is 1.58. The van der Waals surface area contributed by atoms with Crippen molar-refractivity contribution in [1.29, 1.82) is 5.26 Å². The number of aromatic nitrogens is 2. The van der Waals surface area contributed by atoms with Crippen LogP contribution >= 0.6 is 0 Å². The Bertz CT molecular complexity index is 722. The maximum atomic E-state index is 12.8. The lowest BCUT2D eigenvalue weighted by Crippen LogP contribution is -2.42. The van der Waals surface area contributed by atoms with E-state index >= 15 is 0 Å². The molecule has 1 aromatic rings. The highest BCUT2D eigenvalue weighted by Crippen LogP contribution is 2.25. The van der Waals surface area contributed by atoms with E-state index < -0.39 is 0 Å². The highest BCUT2D eigenvalue weighted by atomic mass is 16.2. The number of rotatable bonds is 4. The number of amides is 2. The lowest BCUT2D eigenvalue weighted by molar-refractivity contribution is -0.133. The van der Waals surface area contributed by atoms with Crippen LogP contribution in [0.2, 0.25) is 0 Å². The van der Waals surface area contributed by atoms with Crippen molar-refractivity contribution >= 4 is 11.8 Å². The van der Waals surface area contributed by atoms with E-state index in [-0.39, 0.29) is 17.9 Å². The molecule has 8 nitrogen and oxygen atoms in total. The molecule has 0 unspecified atom stereocenters. The Labute approximate surface area is 153 Å². The fourth-order valence-electron chi connectivity index (χ4n) is 3.90. The van der Waals surface area contributed by atoms with Gasteiger partial charge in [0.2, 0.25) is 11.8 Å². The normalized spacial score (nSPS) is 23.2. The molecule has 0 spiro atoms. The molecule has 1 fully saturated rings. The third-order valence-corrected chi connectivity index (χ3v) is 5.46. The maximum absolute atomic E-state index is 12.8. The first kappa shape index (κ1) is 18.4. The van der Waals surface area contributed by atoms with Crippen LogP contribution in [0.4, 0.5) is 0 Å². The van der Waals surface area contributed by atoms with E-state index in [1.807, 2.05) is 16.6 Å². The molecular weight excluding hydrogens is 332 g/mol. The van der Waals surface area contributed by atoms with Crippen LogP contribution < -0.4 is 5.32 Å². The highest BCUT2D eigenvalue weighted by Gasteiger charge is 2.33. The largest absolute Gasteiger partial charge is 0.355 e. The minimum absolute atomic E-state index is 0.0177. The van der Waals surface area contributed by atoms with Gasteiger partial charge in [-0.05, 0) is 32.4 Å². The van der Waals surface area contributed by atoms with Gasteiger partial charge in [0.25, 0.3) is 0 Å². The first-order valence-electron chi connectivity index (χ1n) is 9.19. The van der Waals surface area contributed by atoms with Crippen molar-refractivity contribution in [1.82, 2.24) is 24.9 Å². The molecule has 0 radical (unpaired) electrons. The maximum Gasteiger partial charge on any atom is 0.224 e. The lowest BCUT2D eigenvalue weighted by atomic mass is 10.1. The highest BCUT2D eigenvalue weighted by molar-refractivity contribution is 5.77. The summed E-state index contributed by atoms with van der Waals surface area (Å²) in [6, 6.07) is 4.34. The van der Waals surface area contributed by atoms with Crippen molar-refractivity contribution in [2.45, 2.75) is 57.8 Å². The Morgan fingerprint density at radius 1 is 1.35 bits per heavy atom. The summed E-state index contributed by atoms with van der Waals surface area (Å²) >= 11 is 0. The summed E-state index contributed by atoms with van der Waals surface area (Å²) in [5, 5.41) is 16.1. The number of carbonyl (C=O) groups excluding carboxylic acids is 2. The van der Waals surface area contributed by atoms with Gasteiger partial charge in [-0.15, -0.1) is 0 Å². The average molecular weight is 358 g/mol. The van der Waals surface area contributed by atoms with Gasteiger partial charge in [0.05, 0.1) is 12.2 Å². The zero-order valence-corrected chi connectivity index (χ0v) is 15.4. The summed E-state index contributed by atoms with van der Waals surface area (Å²) in [7, 11) is 2.04. The Kier molecular flexibility index (Phi) is 5.57. The van der Waals surface area contributed by atoms with Crippen LogP contribution in [0.3, 0.4) is 0 Å². The number of hydrogen-bond donors (Lipinski definition) is 1. The van der Waals surface area contributed by atoms with Gasteiger partial charge in [-0.1, -0.05) is 0 Å². The molecule has 2 aliphatic rings. The topological polar surface area (TPSA) is 94.3 Å². The number of carbonyl (C=O) groups is 2. The van der Waals surface area contributed by atoms with Crippen LogP contribution in [0, 0.1) is 11.3 Å². The number of aryl methyl sites for hydroxylation is 1. The van der Waals surface area contributed by atoms with Crippen molar-refractivity contribution in [2.75, 3.05) is 20.1 Å². The molecule has 8 heteroatoms. The molecule has 26 heavy (non-hydrogen) atoms. The van der Waals surface area contributed by atoms with Gasteiger partial charge in [-0.3, -0.25) is 19.2 Å². The summed E-state index contributed by atoms with van der Waals surface area (Å²) in [5.74, 6) is 0.131. The van der Waals surface area contributed by atoms with Crippen LogP contribution in [0.15, 0.2) is 6.07 Å². The monoisotopic (exact) mass is 358 g/mol. The predicted molar refractivity (Wildman–Crippen MR) is 94.8 cm³/mol. The van der Waals surface area contributed by atoms with E-state index in [1.165, 1.54) is 6.92 Å². The third kappa shape index (κ3) is 4.05. The molecule has 2 aliphatic heterocycles. The summed E-state index contributed by atoms with van der Waals surface area (Å²) in [6.45, 7) is 4.13. The molecule has 2 amide bonds. The molecule has 1 saturated heterocycles. The predicted octanol–water partition coefficient (Wildman–Crippen LogP) is 0.476. The zero-order valence-electron chi connectivity index (χ0n) is 15.4. The van der Waals surface area contributed by atoms with Crippen molar-refractivity contribution in [3.63, 3.8) is 0 Å². The first-order chi connectivity index (χ1) is 12.5. The molecule has 0 saturated carbocycles. The molecule has 1 N–H and O–H groups in total. The number of hydrogen-bond acceptors (Lipinski definition) is 5. The Morgan fingerprint density at radius 2 is 2.12 bits per heavy atom. The standard InChI is InChI=1S/C18H26N6O2/c1-13(25)20-11-16-5-4-15(22(16)2)9-18(26)23-6-3-7-24-17(12-23)8-14(10-19)21-24/h8,15-16H,3-7,9,11-12H2,1-2H3,(H,20,25)/t15-,16+/m0/s1. The van der Waals surface area contributed by atoms with E-state index in [0.717, 1.165) is 38.0 Å². The second-order valence-corrected chi connectivity index (χ2v) is 7.22. The van der Waals surface area contributed by atoms with E-state index in [9.17, 15) is 9.59 Å². The number of nitriles is 1. The summed E-state index contributed by atoms with van der Waals surface area (Å²) in [5.41, 5.74) is 1.33. The van der Waals surface area contributed by atoms with E-state index in [2.05, 4.69) is 21.4 Å². The second-order valence-electron chi connectivity index (χ2n) is 7.22. The van der Waals surface area contributed by atoms with Gasteiger partial charge in [-0.25, -0.2) is 0 Å². The number of nitrogens with zero attached hydrogens (tertiary/aromatic N) is 5. The SMILES string of the molecule is CC(=O)NC[C@H]1CC[C@@H](CC(=O)N2CCCn3nc(C#N)cc3C2)N1C. The Morgan fingerprint density at radius 3 is 2.85 bits per heavy atom. The van der Waals surface area contributed by atoms with E-state index in [1.54, 1.807) is 6.07 Å². The van der Waals surface area contributed by atoms with Crippen molar-refractivity contribution in [2.24, 2.45) is 0 Å². The van der Waals surface area contributed by atoms with E-state index in [0.29, 0.717) is 31.2 Å². The zero-order chi connectivity index (χ0) is 18.7. The quantitative estimate of drug-likeness (QED) is 0.845. The van der Waals surface area contributed by atoms with Crippen LogP contribution in [0.25, 0.3) is 0 Å². The van der Waals surface area contributed by atoms with Gasteiger partial charge in [0.1, 0.15) is 6.07 Å². The summed E-state index contributed by atoms with van der Waals surface area (Å²) in [4.78, 5) is 28.1. The fraction of sp³-hybridized carbons (Fsp3) is 0.667. The fourth-order valence-corrected chi connectivity index (χ4v) is 3.90. The van der Waals surface area contributed by atoms with Gasteiger partial charge in [-0.2, -0.15) is 10.4 Å². The second kappa shape index (κ2) is 7.87. The lowest BCUT2D eigenvalue weighted by Gasteiger charge is -2.28. The molecule has 3 rings (SSSR count). The third-order valence-electron chi connectivity index (χ3n) is 5.46. The average Bonchev–Trinajstić information content (AvgIpc) is 3.09. The molecule has 0 aromatic carbocycles. The molecular formula is C18H26N6O2. The number of nitrogens with one attached hydrogen (secondary N) is 1. The summed E-state index contributed by atoms with van der Waals surface area (Å²) in [6.07, 6.45) is 3.30. The minimum Gasteiger partial charge on any atom is -0.355 e. The number of likely N-dealkylation sites (N-methyl/N-ethyl adjacent to an activating group) is 1.